The first-order valence-electron chi connectivity index (χ1n) is 9.23. The van der Waals surface area contributed by atoms with Crippen LogP contribution in [0.1, 0.15) is 33.1 Å². The summed E-state index contributed by atoms with van der Waals surface area (Å²) >= 11 is 0. The molecule has 0 aromatic heterocycles. The normalized spacial score (nSPS) is 23.6. The van der Waals surface area contributed by atoms with E-state index in [-0.39, 0.29) is 25.0 Å². The standard InChI is InChI=1S/C19H26F3N3O2/c1-11-5-4-6-14(12(11)2)23-16(26)9-25(3)10-17(27)24-15-8-7-13(20)18(21)19(15)22/h7-8,11-12,14H,4-6,9-10H2,1-3H3,(H,23,26)(H,24,27)/p+1/t11-,12-,14+/m1/s1. The molecule has 4 atom stereocenters. The fourth-order valence-electron chi connectivity index (χ4n) is 3.47. The van der Waals surface area contributed by atoms with Crippen LogP contribution in [-0.4, -0.2) is 38.0 Å². The van der Waals surface area contributed by atoms with Gasteiger partial charge in [0.05, 0.1) is 12.7 Å². The highest BCUT2D eigenvalue weighted by Gasteiger charge is 2.29. The maximum atomic E-state index is 13.6. The maximum absolute atomic E-state index is 13.6. The number of likely N-dealkylation sites (N-methyl/N-ethyl adjacent to an activating group) is 1. The predicted octanol–water partition coefficient (Wildman–Crippen LogP) is 1.50. The van der Waals surface area contributed by atoms with Gasteiger partial charge in [0.1, 0.15) is 0 Å². The van der Waals surface area contributed by atoms with E-state index < -0.39 is 29.0 Å². The first kappa shape index (κ1) is 21.2. The van der Waals surface area contributed by atoms with Gasteiger partial charge in [0.15, 0.2) is 30.5 Å². The van der Waals surface area contributed by atoms with Gasteiger partial charge in [-0.2, -0.15) is 0 Å². The Kier molecular flexibility index (Phi) is 7.24. The average molecular weight is 386 g/mol. The Morgan fingerprint density at radius 3 is 2.44 bits per heavy atom. The van der Waals surface area contributed by atoms with Crippen LogP contribution in [0.2, 0.25) is 0 Å². The number of amides is 2. The number of carbonyl (C=O) groups is 2. The molecule has 2 rings (SSSR count). The fourth-order valence-corrected chi connectivity index (χ4v) is 3.47. The van der Waals surface area contributed by atoms with Gasteiger partial charge in [-0.15, -0.1) is 0 Å². The Morgan fingerprint density at radius 1 is 1.07 bits per heavy atom. The average Bonchev–Trinajstić information content (AvgIpc) is 2.59. The lowest BCUT2D eigenvalue weighted by molar-refractivity contribution is -0.862. The van der Waals surface area contributed by atoms with Gasteiger partial charge in [0.2, 0.25) is 0 Å². The number of halogens is 3. The summed E-state index contributed by atoms with van der Waals surface area (Å²) in [5.41, 5.74) is -0.429. The van der Waals surface area contributed by atoms with E-state index >= 15 is 0 Å². The van der Waals surface area contributed by atoms with Crippen LogP contribution in [0.3, 0.4) is 0 Å². The number of carbonyl (C=O) groups excluding carboxylic acids is 2. The zero-order valence-corrected chi connectivity index (χ0v) is 15.9. The van der Waals surface area contributed by atoms with Crippen molar-refractivity contribution in [1.82, 2.24) is 5.32 Å². The second kappa shape index (κ2) is 9.21. The van der Waals surface area contributed by atoms with Crippen LogP contribution in [0, 0.1) is 29.3 Å². The summed E-state index contributed by atoms with van der Waals surface area (Å²) in [5.74, 6) is -4.18. The van der Waals surface area contributed by atoms with Gasteiger partial charge in [0, 0.05) is 6.04 Å². The smallest absolute Gasteiger partial charge is 0.279 e. The van der Waals surface area contributed by atoms with Crippen molar-refractivity contribution in [2.75, 3.05) is 25.5 Å². The monoisotopic (exact) mass is 386 g/mol. The quantitative estimate of drug-likeness (QED) is 0.649. The zero-order chi connectivity index (χ0) is 20.1. The maximum Gasteiger partial charge on any atom is 0.279 e. The van der Waals surface area contributed by atoms with Gasteiger partial charge in [-0.3, -0.25) is 9.59 Å². The predicted molar refractivity (Wildman–Crippen MR) is 95.7 cm³/mol. The second-order valence-corrected chi connectivity index (χ2v) is 7.52. The molecule has 1 aromatic carbocycles. The van der Waals surface area contributed by atoms with E-state index in [2.05, 4.69) is 24.5 Å². The zero-order valence-electron chi connectivity index (χ0n) is 15.9. The van der Waals surface area contributed by atoms with E-state index in [1.54, 1.807) is 7.05 Å². The molecule has 1 aliphatic carbocycles. The molecule has 0 saturated heterocycles. The summed E-state index contributed by atoms with van der Waals surface area (Å²) in [7, 11) is 1.66. The van der Waals surface area contributed by atoms with Gasteiger partial charge in [-0.05, 0) is 30.4 Å². The molecule has 27 heavy (non-hydrogen) atoms. The number of benzene rings is 1. The van der Waals surface area contributed by atoms with E-state index in [4.69, 9.17) is 0 Å². The van der Waals surface area contributed by atoms with E-state index in [0.29, 0.717) is 16.7 Å². The van der Waals surface area contributed by atoms with Gasteiger partial charge >= 0.3 is 0 Å². The van der Waals surface area contributed by atoms with Crippen molar-refractivity contribution in [3.05, 3.63) is 29.6 Å². The lowest BCUT2D eigenvalue weighted by Crippen LogP contribution is -3.11. The Hall–Kier alpha value is -2.09. The van der Waals surface area contributed by atoms with Gasteiger partial charge < -0.3 is 15.5 Å². The Bertz CT molecular complexity index is 699. The molecule has 0 heterocycles. The fraction of sp³-hybridized carbons (Fsp3) is 0.579. The highest BCUT2D eigenvalue weighted by molar-refractivity contribution is 5.91. The van der Waals surface area contributed by atoms with Crippen molar-refractivity contribution in [2.24, 2.45) is 11.8 Å². The molecule has 1 aromatic rings. The summed E-state index contributed by atoms with van der Waals surface area (Å²) in [4.78, 5) is 24.8. The molecule has 0 radical (unpaired) electrons. The molecule has 0 spiro atoms. The molecule has 1 fully saturated rings. The number of rotatable bonds is 6. The molecule has 8 heteroatoms. The summed E-state index contributed by atoms with van der Waals surface area (Å²) < 4.78 is 39.7. The van der Waals surface area contributed by atoms with E-state index in [1.165, 1.54) is 6.42 Å². The molecule has 3 N–H and O–H groups in total. The van der Waals surface area contributed by atoms with Crippen molar-refractivity contribution in [1.29, 1.82) is 0 Å². The van der Waals surface area contributed by atoms with Crippen molar-refractivity contribution < 1.29 is 27.7 Å². The van der Waals surface area contributed by atoms with Crippen molar-refractivity contribution in [2.45, 2.75) is 39.2 Å². The van der Waals surface area contributed by atoms with E-state index in [1.807, 2.05) is 0 Å². The lowest BCUT2D eigenvalue weighted by atomic mass is 9.78. The molecular formula is C19H27F3N3O2+. The summed E-state index contributed by atoms with van der Waals surface area (Å²) in [6.45, 7) is 4.30. The topological polar surface area (TPSA) is 62.6 Å². The van der Waals surface area contributed by atoms with Crippen LogP contribution < -0.4 is 15.5 Å². The van der Waals surface area contributed by atoms with Crippen molar-refractivity contribution in [3.8, 4) is 0 Å². The largest absolute Gasteiger partial charge is 0.348 e. The van der Waals surface area contributed by atoms with E-state index in [0.717, 1.165) is 25.0 Å². The van der Waals surface area contributed by atoms with Crippen LogP contribution in [0.15, 0.2) is 12.1 Å². The highest BCUT2D eigenvalue weighted by atomic mass is 19.2. The number of hydrogen-bond acceptors (Lipinski definition) is 2. The third kappa shape index (κ3) is 5.69. The van der Waals surface area contributed by atoms with Crippen LogP contribution in [0.25, 0.3) is 0 Å². The van der Waals surface area contributed by atoms with Crippen molar-refractivity contribution in [3.63, 3.8) is 0 Å². The van der Waals surface area contributed by atoms with Gasteiger partial charge in [0.25, 0.3) is 11.8 Å². The minimum Gasteiger partial charge on any atom is -0.348 e. The van der Waals surface area contributed by atoms with Crippen molar-refractivity contribution >= 4 is 17.5 Å². The summed E-state index contributed by atoms with van der Waals surface area (Å²) in [6.07, 6.45) is 3.20. The molecule has 5 nitrogen and oxygen atoms in total. The molecule has 1 unspecified atom stereocenters. The van der Waals surface area contributed by atoms with Gasteiger partial charge in [-0.1, -0.05) is 26.7 Å². The number of quaternary nitrogens is 1. The lowest BCUT2D eigenvalue weighted by Gasteiger charge is -2.34. The van der Waals surface area contributed by atoms with Gasteiger partial charge in [-0.25, -0.2) is 13.2 Å². The molecule has 0 aliphatic heterocycles. The molecule has 0 bridgehead atoms. The minimum absolute atomic E-state index is 0.0886. The third-order valence-electron chi connectivity index (χ3n) is 5.29. The number of nitrogens with one attached hydrogen (secondary N) is 3. The first-order chi connectivity index (χ1) is 12.7. The summed E-state index contributed by atoms with van der Waals surface area (Å²) in [6, 6.07) is 1.84. The Morgan fingerprint density at radius 2 is 1.74 bits per heavy atom. The first-order valence-corrected chi connectivity index (χ1v) is 9.23. The van der Waals surface area contributed by atoms with Crippen LogP contribution >= 0.6 is 0 Å². The molecule has 2 amide bonds. The second-order valence-electron chi connectivity index (χ2n) is 7.52. The third-order valence-corrected chi connectivity index (χ3v) is 5.29. The van der Waals surface area contributed by atoms with E-state index in [9.17, 15) is 22.8 Å². The molecule has 1 aliphatic rings. The number of hydrogen-bond donors (Lipinski definition) is 3. The minimum atomic E-state index is -1.64. The van der Waals surface area contributed by atoms with Crippen LogP contribution in [0.5, 0.6) is 0 Å². The molecular weight excluding hydrogens is 359 g/mol. The number of anilines is 1. The van der Waals surface area contributed by atoms with Crippen LogP contribution in [0.4, 0.5) is 18.9 Å². The molecule has 1 saturated carbocycles. The highest BCUT2D eigenvalue weighted by Crippen LogP contribution is 2.29. The SMILES string of the molecule is C[C@@H]1[C@H](C)CCC[C@@H]1NC(=O)C[NH+](C)CC(=O)Nc1ccc(F)c(F)c1F. The van der Waals surface area contributed by atoms with Crippen LogP contribution in [-0.2, 0) is 9.59 Å². The molecule has 150 valence electrons. The Balaban J connectivity index is 1.82. The summed E-state index contributed by atoms with van der Waals surface area (Å²) in [5, 5.41) is 5.24. The Labute approximate surface area is 157 Å².